The molecule has 0 aliphatic rings. The second kappa shape index (κ2) is 3.65. The summed E-state index contributed by atoms with van der Waals surface area (Å²) in [7, 11) is -4.45. The van der Waals surface area contributed by atoms with Crippen LogP contribution in [-0.4, -0.2) is 15.5 Å². The fourth-order valence-corrected chi connectivity index (χ4v) is 1.35. The third-order valence-electron chi connectivity index (χ3n) is 1.50. The first kappa shape index (κ1) is 11.1. The van der Waals surface area contributed by atoms with E-state index in [1.165, 1.54) is 0 Å². The van der Waals surface area contributed by atoms with Gasteiger partial charge in [0.05, 0.1) is 0 Å². The Morgan fingerprint density at radius 3 is 1.91 bits per heavy atom. The van der Waals surface area contributed by atoms with Crippen molar-refractivity contribution >= 4 is 7.82 Å². The van der Waals surface area contributed by atoms with E-state index in [0.717, 1.165) is 0 Å². The molecule has 0 aliphatic heterocycles. The number of hydrogen-bond acceptors (Lipinski definition) is 3. The van der Waals surface area contributed by atoms with Crippen LogP contribution in [0.25, 0.3) is 0 Å². The molecule has 0 saturated carbocycles. The fourth-order valence-electron chi connectivity index (χ4n) is 0.616. The van der Waals surface area contributed by atoms with Crippen molar-refractivity contribution in [2.24, 2.45) is 5.73 Å². The third kappa shape index (κ3) is 4.50. The Balaban J connectivity index is 4.20. The van der Waals surface area contributed by atoms with Gasteiger partial charge in [-0.15, -0.1) is 0 Å². The largest absolute Gasteiger partial charge is 0.471 e. The molecule has 0 saturated heterocycles. The first-order valence-electron chi connectivity index (χ1n) is 3.38. The molecule has 0 amide bonds. The molecule has 0 rings (SSSR count). The zero-order valence-electron chi connectivity index (χ0n) is 6.65. The van der Waals surface area contributed by atoms with Gasteiger partial charge in [-0.2, -0.15) is 0 Å². The van der Waals surface area contributed by atoms with Crippen LogP contribution in [-0.2, 0) is 9.09 Å². The summed E-state index contributed by atoms with van der Waals surface area (Å²) in [5.41, 5.74) is 4.27. The van der Waals surface area contributed by atoms with Gasteiger partial charge >= 0.3 is 7.82 Å². The lowest BCUT2D eigenvalue weighted by molar-refractivity contribution is 0.0322. The van der Waals surface area contributed by atoms with E-state index in [1.54, 1.807) is 13.8 Å². The van der Waals surface area contributed by atoms with E-state index in [1.807, 2.05) is 0 Å². The lowest BCUT2D eigenvalue weighted by atomic mass is 10.1. The van der Waals surface area contributed by atoms with Gasteiger partial charge in [0.15, 0.2) is 0 Å². The summed E-state index contributed by atoms with van der Waals surface area (Å²) in [4.78, 5) is 16.8. The Hall–Kier alpha value is 0.0700. The molecule has 11 heavy (non-hydrogen) atoms. The summed E-state index contributed by atoms with van der Waals surface area (Å²) in [6.45, 7) is 3.42. The van der Waals surface area contributed by atoms with Crippen molar-refractivity contribution in [2.45, 2.75) is 32.4 Å². The van der Waals surface area contributed by atoms with Crippen molar-refractivity contribution < 1.29 is 18.9 Å². The number of phosphoric acid groups is 1. The standard InChI is InChI=1S/C5H14NO4P/c1-3-5(6,4-2)10-11(7,8)9/h3-4,6H2,1-2H3,(H2,7,8,9). The molecule has 0 fully saturated rings. The van der Waals surface area contributed by atoms with Crippen LogP contribution in [0.4, 0.5) is 0 Å². The lowest BCUT2D eigenvalue weighted by Gasteiger charge is -2.26. The van der Waals surface area contributed by atoms with E-state index in [-0.39, 0.29) is 0 Å². The Morgan fingerprint density at radius 1 is 1.45 bits per heavy atom. The molecule has 0 spiro atoms. The molecule has 0 radical (unpaired) electrons. The predicted molar refractivity (Wildman–Crippen MR) is 40.6 cm³/mol. The quantitative estimate of drug-likeness (QED) is 0.437. The molecule has 0 aliphatic carbocycles. The highest BCUT2D eigenvalue weighted by Gasteiger charge is 2.30. The van der Waals surface area contributed by atoms with Crippen LogP contribution in [0.1, 0.15) is 26.7 Å². The van der Waals surface area contributed by atoms with Crippen LogP contribution in [0.5, 0.6) is 0 Å². The average Bonchev–Trinajstić information content (AvgIpc) is 1.84. The minimum absolute atomic E-state index is 0.370. The minimum Gasteiger partial charge on any atom is -0.303 e. The van der Waals surface area contributed by atoms with Crippen molar-refractivity contribution in [3.8, 4) is 0 Å². The van der Waals surface area contributed by atoms with Gasteiger partial charge in [-0.25, -0.2) is 4.57 Å². The molecule has 0 unspecified atom stereocenters. The van der Waals surface area contributed by atoms with Crippen molar-refractivity contribution in [3.63, 3.8) is 0 Å². The SMILES string of the molecule is CCC(N)(CC)OP(=O)(O)O. The molecule has 5 nitrogen and oxygen atoms in total. The van der Waals surface area contributed by atoms with Gasteiger partial charge in [-0.3, -0.25) is 4.52 Å². The maximum atomic E-state index is 10.4. The molecule has 0 bridgehead atoms. The van der Waals surface area contributed by atoms with Crippen molar-refractivity contribution in [1.29, 1.82) is 0 Å². The summed E-state index contributed by atoms with van der Waals surface area (Å²) >= 11 is 0. The highest BCUT2D eigenvalue weighted by molar-refractivity contribution is 7.46. The zero-order chi connectivity index (χ0) is 9.12. The van der Waals surface area contributed by atoms with Crippen LogP contribution in [0.15, 0.2) is 0 Å². The first-order valence-corrected chi connectivity index (χ1v) is 4.91. The van der Waals surface area contributed by atoms with Gasteiger partial charge in [0.25, 0.3) is 0 Å². The lowest BCUT2D eigenvalue weighted by Crippen LogP contribution is -2.40. The summed E-state index contributed by atoms with van der Waals surface area (Å²) in [6.07, 6.45) is 0.739. The predicted octanol–water partition coefficient (Wildman–Crippen LogP) is 0.571. The molecular weight excluding hydrogens is 169 g/mol. The summed E-state index contributed by atoms with van der Waals surface area (Å²) < 4.78 is 14.7. The highest BCUT2D eigenvalue weighted by Crippen LogP contribution is 2.41. The van der Waals surface area contributed by atoms with Crippen LogP contribution < -0.4 is 5.73 Å². The number of phosphoric ester groups is 1. The maximum Gasteiger partial charge on any atom is 0.471 e. The first-order chi connectivity index (χ1) is 4.83. The monoisotopic (exact) mass is 183 g/mol. The number of nitrogens with two attached hydrogens (primary N) is 1. The summed E-state index contributed by atoms with van der Waals surface area (Å²) in [5, 5.41) is 0. The van der Waals surface area contributed by atoms with Gasteiger partial charge < -0.3 is 15.5 Å². The molecule has 0 atom stereocenters. The summed E-state index contributed by atoms with van der Waals surface area (Å²) in [6, 6.07) is 0. The smallest absolute Gasteiger partial charge is 0.303 e. The van der Waals surface area contributed by atoms with Gasteiger partial charge in [0, 0.05) is 0 Å². The van der Waals surface area contributed by atoms with Crippen molar-refractivity contribution in [1.82, 2.24) is 0 Å². The normalized spacial score (nSPS) is 13.5. The molecule has 4 N–H and O–H groups in total. The summed E-state index contributed by atoms with van der Waals surface area (Å²) in [5.74, 6) is 0. The fraction of sp³-hybridized carbons (Fsp3) is 1.00. The number of hydrogen-bond donors (Lipinski definition) is 3. The Morgan fingerprint density at radius 2 is 1.82 bits per heavy atom. The maximum absolute atomic E-state index is 10.4. The molecule has 0 aromatic heterocycles. The van der Waals surface area contributed by atoms with Gasteiger partial charge in [0.2, 0.25) is 0 Å². The topological polar surface area (TPSA) is 92.8 Å². The van der Waals surface area contributed by atoms with E-state index in [0.29, 0.717) is 12.8 Å². The van der Waals surface area contributed by atoms with E-state index >= 15 is 0 Å². The van der Waals surface area contributed by atoms with Crippen molar-refractivity contribution in [3.05, 3.63) is 0 Å². The molecule has 6 heteroatoms. The van der Waals surface area contributed by atoms with Crippen LogP contribution in [0, 0.1) is 0 Å². The zero-order valence-corrected chi connectivity index (χ0v) is 7.54. The second-order valence-corrected chi connectivity index (χ2v) is 3.52. The van der Waals surface area contributed by atoms with E-state index in [4.69, 9.17) is 15.5 Å². The highest BCUT2D eigenvalue weighted by atomic mass is 31.2. The minimum atomic E-state index is -4.45. The molecular formula is C5H14NO4P. The third-order valence-corrected chi connectivity index (χ3v) is 2.10. The second-order valence-electron chi connectivity index (χ2n) is 2.35. The van der Waals surface area contributed by atoms with Crippen LogP contribution in [0.2, 0.25) is 0 Å². The molecule has 0 heterocycles. The van der Waals surface area contributed by atoms with Crippen LogP contribution >= 0.6 is 7.82 Å². The van der Waals surface area contributed by atoms with Crippen molar-refractivity contribution in [2.75, 3.05) is 0 Å². The Kier molecular flexibility index (Phi) is 3.67. The number of rotatable bonds is 4. The average molecular weight is 183 g/mol. The van der Waals surface area contributed by atoms with E-state index < -0.39 is 13.5 Å². The van der Waals surface area contributed by atoms with Gasteiger partial charge in [0.1, 0.15) is 5.72 Å². The van der Waals surface area contributed by atoms with Gasteiger partial charge in [-0.05, 0) is 12.8 Å². The van der Waals surface area contributed by atoms with Gasteiger partial charge in [-0.1, -0.05) is 13.8 Å². The Bertz CT molecular complexity index is 162. The molecule has 0 aromatic rings. The van der Waals surface area contributed by atoms with Crippen LogP contribution in [0.3, 0.4) is 0 Å². The van der Waals surface area contributed by atoms with E-state index in [9.17, 15) is 4.57 Å². The molecule has 68 valence electrons. The molecule has 0 aromatic carbocycles. The Labute approximate surface area is 65.8 Å². The van der Waals surface area contributed by atoms with E-state index in [2.05, 4.69) is 4.52 Å².